The van der Waals surface area contributed by atoms with Gasteiger partial charge in [-0.1, -0.05) is 26.2 Å². The summed E-state index contributed by atoms with van der Waals surface area (Å²) in [6.45, 7) is 4.40. The second-order valence-electron chi connectivity index (χ2n) is 6.33. The Morgan fingerprint density at radius 3 is 2.76 bits per heavy atom. The molecule has 4 nitrogen and oxygen atoms in total. The molecule has 0 radical (unpaired) electrons. The van der Waals surface area contributed by atoms with Crippen LogP contribution in [0.15, 0.2) is 11.1 Å². The second-order valence-corrected chi connectivity index (χ2v) is 6.33. The fourth-order valence-electron chi connectivity index (χ4n) is 4.10. The maximum Gasteiger partial charge on any atom is 0.335 e. The fourth-order valence-corrected chi connectivity index (χ4v) is 4.10. The van der Waals surface area contributed by atoms with Crippen LogP contribution in [0.5, 0.6) is 0 Å². The third-order valence-corrected chi connectivity index (χ3v) is 5.11. The van der Waals surface area contributed by atoms with Crippen molar-refractivity contribution in [3.63, 3.8) is 0 Å². The van der Waals surface area contributed by atoms with Gasteiger partial charge in [0.2, 0.25) is 0 Å². The Bertz CT molecular complexity index is 418. The summed E-state index contributed by atoms with van der Waals surface area (Å²) in [6.07, 6.45) is 6.59. The molecule has 0 aliphatic heterocycles. The zero-order valence-corrected chi connectivity index (χ0v) is 13.6. The Hall–Kier alpha value is -0.870. The molecule has 0 aromatic heterocycles. The maximum absolute atomic E-state index is 12.5. The van der Waals surface area contributed by atoms with Crippen molar-refractivity contribution in [3.05, 3.63) is 11.1 Å². The van der Waals surface area contributed by atoms with Gasteiger partial charge in [0.05, 0.1) is 23.8 Å². The van der Waals surface area contributed by atoms with E-state index in [1.54, 1.807) is 0 Å². The molecule has 0 heterocycles. The number of ether oxygens (including phenoxy) is 1. The van der Waals surface area contributed by atoms with Gasteiger partial charge in [-0.2, -0.15) is 0 Å². The molecule has 21 heavy (non-hydrogen) atoms. The van der Waals surface area contributed by atoms with Gasteiger partial charge in [0.25, 0.3) is 0 Å². The highest BCUT2D eigenvalue weighted by Crippen LogP contribution is 2.50. The summed E-state index contributed by atoms with van der Waals surface area (Å²) in [4.78, 5) is 12.5. The summed E-state index contributed by atoms with van der Waals surface area (Å²) in [6, 6.07) is 0. The number of carbonyl (C=O) groups is 1. The smallest absolute Gasteiger partial charge is 0.335 e. The molecule has 2 rings (SSSR count). The van der Waals surface area contributed by atoms with E-state index >= 15 is 0 Å². The topological polar surface area (TPSA) is 58.6 Å². The highest BCUT2D eigenvalue weighted by Gasteiger charge is 2.51. The van der Waals surface area contributed by atoms with Gasteiger partial charge in [-0.25, -0.2) is 4.79 Å². The number of hydrogen-bond donors (Lipinski definition) is 2. The molecule has 1 fully saturated rings. The van der Waals surface area contributed by atoms with Crippen molar-refractivity contribution in [2.24, 2.45) is 5.92 Å². The molecule has 2 N–H and O–H groups in total. The van der Waals surface area contributed by atoms with E-state index in [1.807, 2.05) is 14.0 Å². The van der Waals surface area contributed by atoms with Crippen LogP contribution in [-0.4, -0.2) is 36.4 Å². The van der Waals surface area contributed by atoms with Crippen LogP contribution in [0.2, 0.25) is 0 Å². The quantitative estimate of drug-likeness (QED) is 0.560. The van der Waals surface area contributed by atoms with E-state index < -0.39 is 6.10 Å². The number of nitrogens with one attached hydrogen (secondary N) is 1. The highest BCUT2D eigenvalue weighted by molar-refractivity contribution is 5.93. The molecule has 0 spiro atoms. The van der Waals surface area contributed by atoms with Crippen molar-refractivity contribution in [1.82, 2.24) is 5.32 Å². The molecular weight excluding hydrogens is 266 g/mol. The van der Waals surface area contributed by atoms with Crippen LogP contribution in [-0.2, 0) is 9.53 Å². The molecular formula is C17H29NO3. The van der Waals surface area contributed by atoms with Crippen LogP contribution in [0.25, 0.3) is 0 Å². The molecule has 120 valence electrons. The third kappa shape index (κ3) is 3.02. The zero-order valence-electron chi connectivity index (χ0n) is 13.6. The van der Waals surface area contributed by atoms with Crippen molar-refractivity contribution in [2.45, 2.75) is 70.4 Å². The lowest BCUT2D eigenvalue weighted by Gasteiger charge is -2.32. The molecule has 0 aromatic rings. The highest BCUT2D eigenvalue weighted by atomic mass is 16.5. The Balaban J connectivity index is 2.33. The zero-order chi connectivity index (χ0) is 15.5. The predicted molar refractivity (Wildman–Crippen MR) is 82.9 cm³/mol. The predicted octanol–water partition coefficient (Wildman–Crippen LogP) is 2.56. The number of aliphatic hydroxyl groups is 1. The minimum Gasteiger partial charge on any atom is -0.463 e. The van der Waals surface area contributed by atoms with Gasteiger partial charge >= 0.3 is 5.97 Å². The van der Waals surface area contributed by atoms with Crippen LogP contribution in [0.4, 0.5) is 0 Å². The van der Waals surface area contributed by atoms with Crippen LogP contribution in [0, 0.1) is 5.92 Å². The number of aliphatic hydroxyl groups excluding tert-OH is 1. The summed E-state index contributed by atoms with van der Waals surface area (Å²) in [5.74, 6) is 0.107. The number of esters is 1. The summed E-state index contributed by atoms with van der Waals surface area (Å²) in [5.41, 5.74) is 1.39. The first-order valence-corrected chi connectivity index (χ1v) is 8.38. The number of rotatable bonds is 7. The molecule has 2 aliphatic rings. The normalized spacial score (nSPS) is 31.6. The standard InChI is InChI=1S/C17H29NO3/c1-4-6-7-10-17(18-3)11-12-8-9-13(19)14(12)15(17)16(20)21-5-2/h12-13,18-19H,4-11H2,1-3H3/t12-,13+,17?/m1/s1. The summed E-state index contributed by atoms with van der Waals surface area (Å²) < 4.78 is 5.30. The van der Waals surface area contributed by atoms with Crippen LogP contribution < -0.4 is 5.32 Å². The first-order chi connectivity index (χ1) is 10.1. The van der Waals surface area contributed by atoms with Gasteiger partial charge in [0, 0.05) is 0 Å². The molecule has 0 aromatic carbocycles. The average Bonchev–Trinajstić information content (AvgIpc) is 2.97. The number of carbonyl (C=O) groups excluding carboxylic acids is 1. The Labute approximate surface area is 127 Å². The lowest BCUT2D eigenvalue weighted by molar-refractivity contribution is -0.139. The van der Waals surface area contributed by atoms with Crippen molar-refractivity contribution in [3.8, 4) is 0 Å². The molecule has 3 atom stereocenters. The van der Waals surface area contributed by atoms with Crippen molar-refractivity contribution in [2.75, 3.05) is 13.7 Å². The second kappa shape index (κ2) is 6.93. The fraction of sp³-hybridized carbons (Fsp3) is 0.824. The lowest BCUT2D eigenvalue weighted by Crippen LogP contribution is -2.46. The van der Waals surface area contributed by atoms with E-state index in [4.69, 9.17) is 4.74 Å². The minimum absolute atomic E-state index is 0.234. The molecule has 0 saturated heterocycles. The summed E-state index contributed by atoms with van der Waals surface area (Å²) in [5, 5.41) is 13.7. The van der Waals surface area contributed by atoms with Crippen LogP contribution >= 0.6 is 0 Å². The molecule has 4 heteroatoms. The number of hydrogen-bond acceptors (Lipinski definition) is 4. The molecule has 1 saturated carbocycles. The molecule has 0 bridgehead atoms. The van der Waals surface area contributed by atoms with Crippen LogP contribution in [0.3, 0.4) is 0 Å². The van der Waals surface area contributed by atoms with E-state index in [0.717, 1.165) is 49.7 Å². The van der Waals surface area contributed by atoms with Gasteiger partial charge in [0.1, 0.15) is 0 Å². The first kappa shape index (κ1) is 16.5. The number of unbranched alkanes of at least 4 members (excludes halogenated alkanes) is 2. The van der Waals surface area contributed by atoms with Gasteiger partial charge in [-0.3, -0.25) is 0 Å². The third-order valence-electron chi connectivity index (χ3n) is 5.11. The van der Waals surface area contributed by atoms with Crippen molar-refractivity contribution < 1.29 is 14.6 Å². The van der Waals surface area contributed by atoms with E-state index in [9.17, 15) is 9.90 Å². The number of likely N-dealkylation sites (N-methyl/N-ethyl adjacent to an activating group) is 1. The van der Waals surface area contributed by atoms with E-state index in [0.29, 0.717) is 12.5 Å². The lowest BCUT2D eigenvalue weighted by atomic mass is 9.83. The Morgan fingerprint density at radius 2 is 2.14 bits per heavy atom. The Morgan fingerprint density at radius 1 is 1.38 bits per heavy atom. The summed E-state index contributed by atoms with van der Waals surface area (Å²) in [7, 11) is 1.93. The van der Waals surface area contributed by atoms with Gasteiger partial charge in [0.15, 0.2) is 0 Å². The van der Waals surface area contributed by atoms with E-state index in [1.165, 1.54) is 6.42 Å². The van der Waals surface area contributed by atoms with Crippen molar-refractivity contribution in [1.29, 1.82) is 0 Å². The average molecular weight is 295 g/mol. The molecule has 0 amide bonds. The van der Waals surface area contributed by atoms with E-state index in [2.05, 4.69) is 12.2 Å². The first-order valence-electron chi connectivity index (χ1n) is 8.38. The van der Waals surface area contributed by atoms with Gasteiger partial charge < -0.3 is 15.2 Å². The van der Waals surface area contributed by atoms with Crippen molar-refractivity contribution >= 4 is 5.97 Å². The summed E-state index contributed by atoms with van der Waals surface area (Å²) >= 11 is 0. The van der Waals surface area contributed by atoms with Crippen LogP contribution in [0.1, 0.15) is 58.8 Å². The monoisotopic (exact) mass is 295 g/mol. The largest absolute Gasteiger partial charge is 0.463 e. The SMILES string of the molecule is CCCCCC1(NC)C[C@H]2CC[C@H](O)C2=C1C(=O)OCC. The minimum atomic E-state index is -0.462. The maximum atomic E-state index is 12.5. The molecule has 1 unspecified atom stereocenters. The van der Waals surface area contributed by atoms with E-state index in [-0.39, 0.29) is 11.5 Å². The molecule has 2 aliphatic carbocycles. The Kier molecular flexibility index (Phi) is 5.44. The number of fused-ring (bicyclic) bond motifs is 1. The van der Waals surface area contributed by atoms with Gasteiger partial charge in [-0.15, -0.1) is 0 Å². The van der Waals surface area contributed by atoms with Gasteiger partial charge in [-0.05, 0) is 51.1 Å².